The first-order valence-corrected chi connectivity index (χ1v) is 8.93. The average Bonchev–Trinajstić information content (AvgIpc) is 3.23. The number of ether oxygens (including phenoxy) is 1. The van der Waals surface area contributed by atoms with Gasteiger partial charge >= 0.3 is 0 Å². The minimum absolute atomic E-state index is 0.740. The number of para-hydroxylation sites is 2. The number of nitrogens with zero attached hydrogens (tertiary/aromatic N) is 6. The average molecular weight is 340 g/mol. The fraction of sp³-hybridized carbons (Fsp3) is 0.500. The zero-order chi connectivity index (χ0) is 17.1. The molecule has 0 aliphatic carbocycles. The van der Waals surface area contributed by atoms with Gasteiger partial charge < -0.3 is 19.4 Å². The molecule has 2 aliphatic rings. The van der Waals surface area contributed by atoms with E-state index in [-0.39, 0.29) is 0 Å². The molecule has 2 aromatic rings. The van der Waals surface area contributed by atoms with Gasteiger partial charge in [0.15, 0.2) is 5.82 Å². The molecule has 7 nitrogen and oxygen atoms in total. The molecule has 25 heavy (non-hydrogen) atoms. The summed E-state index contributed by atoms with van der Waals surface area (Å²) in [4.78, 5) is 11.6. The van der Waals surface area contributed by atoms with Gasteiger partial charge in [-0.3, -0.25) is 0 Å². The Morgan fingerprint density at radius 2 is 1.60 bits per heavy atom. The monoisotopic (exact) mass is 340 g/mol. The minimum atomic E-state index is 0.740. The van der Waals surface area contributed by atoms with E-state index < -0.39 is 0 Å². The molecular formula is C18H24N6O. The first-order chi connectivity index (χ1) is 12.3. The first-order valence-electron chi connectivity index (χ1n) is 8.93. The van der Waals surface area contributed by atoms with Gasteiger partial charge in [0.25, 0.3) is 0 Å². The third-order valence-electron chi connectivity index (χ3n) is 4.95. The van der Waals surface area contributed by atoms with Crippen LogP contribution in [0.15, 0.2) is 30.5 Å². The van der Waals surface area contributed by atoms with Crippen LogP contribution in [0.3, 0.4) is 0 Å². The number of aromatic nitrogens is 3. The molecular weight excluding hydrogens is 316 g/mol. The van der Waals surface area contributed by atoms with E-state index in [9.17, 15) is 0 Å². The molecule has 7 heteroatoms. The fourth-order valence-corrected chi connectivity index (χ4v) is 3.56. The Labute approximate surface area is 148 Å². The number of benzene rings is 1. The van der Waals surface area contributed by atoms with Crippen molar-refractivity contribution in [1.82, 2.24) is 15.2 Å². The summed E-state index contributed by atoms with van der Waals surface area (Å²) in [5, 5.41) is 8.44. The van der Waals surface area contributed by atoms with Gasteiger partial charge in [-0.25, -0.2) is 0 Å². The van der Waals surface area contributed by atoms with Gasteiger partial charge in [0.1, 0.15) is 5.75 Å². The van der Waals surface area contributed by atoms with Crippen LogP contribution in [0.2, 0.25) is 0 Å². The SMILES string of the molecule is COc1ccccc1N1CCN(c2nncc(N3CCCC3)n2)CC1. The van der Waals surface area contributed by atoms with Crippen LogP contribution in [0.4, 0.5) is 17.5 Å². The van der Waals surface area contributed by atoms with E-state index in [1.807, 2.05) is 12.1 Å². The number of methoxy groups -OCH3 is 1. The van der Waals surface area contributed by atoms with E-state index in [1.165, 1.54) is 12.8 Å². The van der Waals surface area contributed by atoms with Gasteiger partial charge in [0, 0.05) is 39.3 Å². The highest BCUT2D eigenvalue weighted by molar-refractivity contribution is 5.59. The number of piperazine rings is 1. The van der Waals surface area contributed by atoms with Crippen LogP contribution < -0.4 is 19.4 Å². The second-order valence-corrected chi connectivity index (χ2v) is 6.45. The largest absolute Gasteiger partial charge is 0.495 e. The molecule has 2 fully saturated rings. The molecule has 1 aromatic carbocycles. The fourth-order valence-electron chi connectivity index (χ4n) is 3.56. The highest BCUT2D eigenvalue weighted by Crippen LogP contribution is 2.29. The molecule has 0 saturated carbocycles. The van der Waals surface area contributed by atoms with Crippen LogP contribution in [0, 0.1) is 0 Å². The number of rotatable bonds is 4. The lowest BCUT2D eigenvalue weighted by Crippen LogP contribution is -2.47. The lowest BCUT2D eigenvalue weighted by atomic mass is 10.2. The van der Waals surface area contributed by atoms with Crippen molar-refractivity contribution < 1.29 is 4.74 Å². The van der Waals surface area contributed by atoms with Crippen molar-refractivity contribution in [1.29, 1.82) is 0 Å². The number of hydrogen-bond donors (Lipinski definition) is 0. The minimum Gasteiger partial charge on any atom is -0.495 e. The van der Waals surface area contributed by atoms with E-state index in [2.05, 4.69) is 37.0 Å². The summed E-state index contributed by atoms with van der Waals surface area (Å²) in [6, 6.07) is 8.17. The summed E-state index contributed by atoms with van der Waals surface area (Å²) in [5.41, 5.74) is 1.15. The molecule has 0 bridgehead atoms. The molecule has 2 saturated heterocycles. The second kappa shape index (κ2) is 7.13. The third-order valence-corrected chi connectivity index (χ3v) is 4.95. The van der Waals surface area contributed by atoms with Crippen molar-refractivity contribution in [3.05, 3.63) is 30.5 Å². The number of hydrogen-bond acceptors (Lipinski definition) is 7. The summed E-state index contributed by atoms with van der Waals surface area (Å²) in [5.74, 6) is 2.61. The Bertz CT molecular complexity index is 710. The van der Waals surface area contributed by atoms with Crippen LogP contribution in [0.1, 0.15) is 12.8 Å². The van der Waals surface area contributed by atoms with E-state index in [1.54, 1.807) is 13.3 Å². The Morgan fingerprint density at radius 3 is 2.36 bits per heavy atom. The smallest absolute Gasteiger partial charge is 0.247 e. The summed E-state index contributed by atoms with van der Waals surface area (Å²) in [7, 11) is 1.72. The van der Waals surface area contributed by atoms with Crippen molar-refractivity contribution >= 4 is 17.5 Å². The Kier molecular flexibility index (Phi) is 4.54. The van der Waals surface area contributed by atoms with Crippen LogP contribution in [-0.2, 0) is 0 Å². The lowest BCUT2D eigenvalue weighted by molar-refractivity contribution is 0.413. The molecule has 3 heterocycles. The number of anilines is 3. The van der Waals surface area contributed by atoms with E-state index in [0.29, 0.717) is 0 Å². The first kappa shape index (κ1) is 15.9. The van der Waals surface area contributed by atoms with Gasteiger partial charge in [-0.15, -0.1) is 5.10 Å². The molecule has 0 atom stereocenters. The molecule has 0 radical (unpaired) electrons. The Morgan fingerprint density at radius 1 is 0.880 bits per heavy atom. The zero-order valence-corrected chi connectivity index (χ0v) is 14.6. The predicted molar refractivity (Wildman–Crippen MR) is 98.7 cm³/mol. The van der Waals surface area contributed by atoms with Gasteiger partial charge in [0.2, 0.25) is 5.95 Å². The second-order valence-electron chi connectivity index (χ2n) is 6.45. The van der Waals surface area contributed by atoms with E-state index in [0.717, 1.165) is 62.5 Å². The molecule has 4 rings (SSSR count). The molecule has 2 aliphatic heterocycles. The quantitative estimate of drug-likeness (QED) is 0.841. The highest BCUT2D eigenvalue weighted by Gasteiger charge is 2.22. The maximum atomic E-state index is 5.49. The predicted octanol–water partition coefficient (Wildman–Crippen LogP) is 1.81. The van der Waals surface area contributed by atoms with E-state index in [4.69, 9.17) is 9.72 Å². The summed E-state index contributed by atoms with van der Waals surface area (Å²) in [6.45, 7) is 5.72. The maximum Gasteiger partial charge on any atom is 0.247 e. The van der Waals surface area contributed by atoms with Crippen LogP contribution >= 0.6 is 0 Å². The topological polar surface area (TPSA) is 57.6 Å². The van der Waals surface area contributed by atoms with Gasteiger partial charge in [-0.05, 0) is 25.0 Å². The molecule has 1 aromatic heterocycles. The van der Waals surface area contributed by atoms with Crippen molar-refractivity contribution in [3.8, 4) is 5.75 Å². The van der Waals surface area contributed by atoms with Gasteiger partial charge in [-0.2, -0.15) is 10.1 Å². The third kappa shape index (κ3) is 3.31. The Balaban J connectivity index is 1.44. The standard InChI is InChI=1S/C18H24N6O/c1-25-16-7-3-2-6-15(16)22-10-12-24(13-11-22)18-20-17(14-19-21-18)23-8-4-5-9-23/h2-3,6-7,14H,4-5,8-13H2,1H3. The lowest BCUT2D eigenvalue weighted by Gasteiger charge is -2.36. The van der Waals surface area contributed by atoms with E-state index >= 15 is 0 Å². The maximum absolute atomic E-state index is 5.49. The Hall–Kier alpha value is -2.57. The van der Waals surface area contributed by atoms with Crippen LogP contribution in [-0.4, -0.2) is 61.6 Å². The van der Waals surface area contributed by atoms with Crippen molar-refractivity contribution in [2.45, 2.75) is 12.8 Å². The molecule has 0 unspecified atom stereocenters. The van der Waals surface area contributed by atoms with Crippen molar-refractivity contribution in [2.75, 3.05) is 61.1 Å². The van der Waals surface area contributed by atoms with Crippen LogP contribution in [0.25, 0.3) is 0 Å². The summed E-state index contributed by atoms with van der Waals surface area (Å²) >= 11 is 0. The molecule has 0 spiro atoms. The van der Waals surface area contributed by atoms with Crippen molar-refractivity contribution in [3.63, 3.8) is 0 Å². The molecule has 0 amide bonds. The zero-order valence-electron chi connectivity index (χ0n) is 14.6. The van der Waals surface area contributed by atoms with Crippen molar-refractivity contribution in [2.24, 2.45) is 0 Å². The van der Waals surface area contributed by atoms with Gasteiger partial charge in [0.05, 0.1) is 19.0 Å². The summed E-state index contributed by atoms with van der Waals surface area (Å²) in [6.07, 6.45) is 4.24. The normalized spacial score (nSPS) is 17.9. The highest BCUT2D eigenvalue weighted by atomic mass is 16.5. The van der Waals surface area contributed by atoms with Crippen LogP contribution in [0.5, 0.6) is 5.75 Å². The molecule has 132 valence electrons. The summed E-state index contributed by atoms with van der Waals surface area (Å²) < 4.78 is 5.49. The molecule has 0 N–H and O–H groups in total. The van der Waals surface area contributed by atoms with Gasteiger partial charge in [-0.1, -0.05) is 12.1 Å².